The van der Waals surface area contributed by atoms with Crippen molar-refractivity contribution in [2.45, 2.75) is 40.0 Å². The lowest BCUT2D eigenvalue weighted by molar-refractivity contribution is 0.586. The molecule has 2 rings (SSSR count). The smallest absolute Gasteiger partial charge is 0.0986 e. The van der Waals surface area contributed by atoms with E-state index in [0.717, 1.165) is 40.1 Å². The molecular formula is C17H23ClN2S. The van der Waals surface area contributed by atoms with E-state index in [4.69, 9.17) is 16.6 Å². The molecule has 2 nitrogen and oxygen atoms in total. The third-order valence-corrected chi connectivity index (χ3v) is 5.08. The summed E-state index contributed by atoms with van der Waals surface area (Å²) < 4.78 is 0. The maximum absolute atomic E-state index is 6.35. The zero-order chi connectivity index (χ0) is 15.6. The van der Waals surface area contributed by atoms with Crippen molar-refractivity contribution >= 4 is 28.6 Å². The van der Waals surface area contributed by atoms with Gasteiger partial charge in [0.05, 0.1) is 21.4 Å². The fourth-order valence-electron chi connectivity index (χ4n) is 2.23. The lowest BCUT2D eigenvalue weighted by atomic mass is 9.98. The SMILES string of the molecule is CCN(CC)c1cc(-c2csc(C(C)(C)C)n2)ccc1Cl. The predicted octanol–water partition coefficient (Wildman–Crippen LogP) is 5.61. The molecule has 114 valence electrons. The first kappa shape index (κ1) is 16.3. The lowest BCUT2D eigenvalue weighted by Gasteiger charge is -2.22. The average molecular weight is 323 g/mol. The third kappa shape index (κ3) is 3.58. The summed E-state index contributed by atoms with van der Waals surface area (Å²) in [7, 11) is 0. The molecule has 21 heavy (non-hydrogen) atoms. The second-order valence-corrected chi connectivity index (χ2v) is 7.39. The number of benzene rings is 1. The van der Waals surface area contributed by atoms with Gasteiger partial charge in [0.2, 0.25) is 0 Å². The number of hydrogen-bond acceptors (Lipinski definition) is 3. The molecule has 0 saturated carbocycles. The monoisotopic (exact) mass is 322 g/mol. The van der Waals surface area contributed by atoms with Gasteiger partial charge in [-0.25, -0.2) is 4.98 Å². The van der Waals surface area contributed by atoms with Gasteiger partial charge in [-0.2, -0.15) is 0 Å². The first-order valence-electron chi connectivity index (χ1n) is 7.37. The zero-order valence-corrected chi connectivity index (χ0v) is 15.0. The Morgan fingerprint density at radius 2 is 1.86 bits per heavy atom. The Labute approximate surface area is 136 Å². The highest BCUT2D eigenvalue weighted by molar-refractivity contribution is 7.10. The van der Waals surface area contributed by atoms with Crippen molar-refractivity contribution in [1.82, 2.24) is 4.98 Å². The van der Waals surface area contributed by atoms with Crippen LogP contribution < -0.4 is 4.90 Å². The van der Waals surface area contributed by atoms with Crippen LogP contribution in [0.2, 0.25) is 5.02 Å². The predicted molar refractivity (Wildman–Crippen MR) is 94.8 cm³/mol. The van der Waals surface area contributed by atoms with E-state index < -0.39 is 0 Å². The molecule has 0 atom stereocenters. The van der Waals surface area contributed by atoms with Crippen LogP contribution in [0.15, 0.2) is 23.6 Å². The van der Waals surface area contributed by atoms with Crippen LogP contribution in [0.4, 0.5) is 5.69 Å². The molecular weight excluding hydrogens is 300 g/mol. The topological polar surface area (TPSA) is 16.1 Å². The quantitative estimate of drug-likeness (QED) is 0.727. The minimum Gasteiger partial charge on any atom is -0.371 e. The van der Waals surface area contributed by atoms with Crippen LogP contribution in [0.3, 0.4) is 0 Å². The highest BCUT2D eigenvalue weighted by Crippen LogP contribution is 2.34. The van der Waals surface area contributed by atoms with E-state index >= 15 is 0 Å². The summed E-state index contributed by atoms with van der Waals surface area (Å²) in [6.07, 6.45) is 0. The van der Waals surface area contributed by atoms with Crippen molar-refractivity contribution in [2.75, 3.05) is 18.0 Å². The fraction of sp³-hybridized carbons (Fsp3) is 0.471. The Balaban J connectivity index is 2.41. The summed E-state index contributed by atoms with van der Waals surface area (Å²) >= 11 is 8.08. The Morgan fingerprint density at radius 3 is 2.38 bits per heavy atom. The summed E-state index contributed by atoms with van der Waals surface area (Å²) in [5.74, 6) is 0. The van der Waals surface area contributed by atoms with Crippen molar-refractivity contribution in [3.8, 4) is 11.3 Å². The molecule has 2 aromatic rings. The Kier molecular flexibility index (Phi) is 4.95. The van der Waals surface area contributed by atoms with Gasteiger partial charge in [0.15, 0.2) is 0 Å². The number of halogens is 1. The molecule has 0 N–H and O–H groups in total. The molecule has 1 aromatic heterocycles. The molecule has 0 aliphatic heterocycles. The summed E-state index contributed by atoms with van der Waals surface area (Å²) in [4.78, 5) is 7.06. The number of thiazole rings is 1. The van der Waals surface area contributed by atoms with Crippen LogP contribution in [0.5, 0.6) is 0 Å². The van der Waals surface area contributed by atoms with Gasteiger partial charge in [-0.3, -0.25) is 0 Å². The van der Waals surface area contributed by atoms with E-state index in [1.807, 2.05) is 6.07 Å². The van der Waals surface area contributed by atoms with Crippen LogP contribution in [0.25, 0.3) is 11.3 Å². The van der Waals surface area contributed by atoms with Crippen LogP contribution in [0, 0.1) is 0 Å². The second-order valence-electron chi connectivity index (χ2n) is 6.13. The number of anilines is 1. The van der Waals surface area contributed by atoms with E-state index in [1.54, 1.807) is 11.3 Å². The van der Waals surface area contributed by atoms with Gasteiger partial charge in [0.1, 0.15) is 0 Å². The van der Waals surface area contributed by atoms with E-state index in [9.17, 15) is 0 Å². The Morgan fingerprint density at radius 1 is 1.19 bits per heavy atom. The first-order chi connectivity index (χ1) is 9.86. The summed E-state index contributed by atoms with van der Waals surface area (Å²) in [6, 6.07) is 6.17. The number of nitrogens with zero attached hydrogens (tertiary/aromatic N) is 2. The molecule has 0 radical (unpaired) electrons. The molecule has 0 aliphatic rings. The van der Waals surface area contributed by atoms with E-state index in [-0.39, 0.29) is 5.41 Å². The minimum absolute atomic E-state index is 0.0943. The summed E-state index contributed by atoms with van der Waals surface area (Å²) in [6.45, 7) is 12.8. The van der Waals surface area contributed by atoms with Crippen LogP contribution in [-0.4, -0.2) is 18.1 Å². The van der Waals surface area contributed by atoms with Crippen molar-refractivity contribution in [3.63, 3.8) is 0 Å². The van der Waals surface area contributed by atoms with E-state index in [0.29, 0.717) is 0 Å². The van der Waals surface area contributed by atoms with Gasteiger partial charge >= 0.3 is 0 Å². The van der Waals surface area contributed by atoms with Gasteiger partial charge in [-0.1, -0.05) is 38.4 Å². The zero-order valence-electron chi connectivity index (χ0n) is 13.4. The molecule has 0 fully saturated rings. The van der Waals surface area contributed by atoms with Gasteiger partial charge in [-0.15, -0.1) is 11.3 Å². The maximum Gasteiger partial charge on any atom is 0.0986 e. The molecule has 0 spiro atoms. The van der Waals surface area contributed by atoms with Crippen molar-refractivity contribution in [1.29, 1.82) is 0 Å². The molecule has 1 aromatic carbocycles. The Hall–Kier alpha value is -1.06. The third-order valence-electron chi connectivity index (χ3n) is 3.49. The molecule has 0 bridgehead atoms. The first-order valence-corrected chi connectivity index (χ1v) is 8.63. The van der Waals surface area contributed by atoms with Gasteiger partial charge < -0.3 is 4.90 Å². The fourth-order valence-corrected chi connectivity index (χ4v) is 3.38. The van der Waals surface area contributed by atoms with Crippen LogP contribution in [-0.2, 0) is 5.41 Å². The molecule has 0 unspecified atom stereocenters. The molecule has 0 saturated heterocycles. The second kappa shape index (κ2) is 6.37. The maximum atomic E-state index is 6.35. The normalized spacial score (nSPS) is 11.7. The summed E-state index contributed by atoms with van der Waals surface area (Å²) in [5, 5.41) is 4.10. The van der Waals surface area contributed by atoms with Gasteiger partial charge in [-0.05, 0) is 26.0 Å². The van der Waals surface area contributed by atoms with Crippen LogP contribution >= 0.6 is 22.9 Å². The highest BCUT2D eigenvalue weighted by Gasteiger charge is 2.19. The van der Waals surface area contributed by atoms with Crippen molar-refractivity contribution in [2.24, 2.45) is 0 Å². The number of hydrogen-bond donors (Lipinski definition) is 0. The van der Waals surface area contributed by atoms with Gasteiger partial charge in [0, 0.05) is 29.4 Å². The largest absolute Gasteiger partial charge is 0.371 e. The molecule has 0 aliphatic carbocycles. The average Bonchev–Trinajstić information content (AvgIpc) is 2.92. The lowest BCUT2D eigenvalue weighted by Crippen LogP contribution is -2.22. The minimum atomic E-state index is 0.0943. The summed E-state index contributed by atoms with van der Waals surface area (Å²) in [5.41, 5.74) is 3.35. The number of aromatic nitrogens is 1. The highest BCUT2D eigenvalue weighted by atomic mass is 35.5. The number of rotatable bonds is 4. The molecule has 4 heteroatoms. The van der Waals surface area contributed by atoms with Crippen molar-refractivity contribution in [3.05, 3.63) is 33.6 Å². The van der Waals surface area contributed by atoms with E-state index in [1.165, 1.54) is 0 Å². The molecule has 0 amide bonds. The van der Waals surface area contributed by atoms with E-state index in [2.05, 4.69) is 57.0 Å². The van der Waals surface area contributed by atoms with Crippen LogP contribution in [0.1, 0.15) is 39.6 Å². The Bertz CT molecular complexity index is 609. The van der Waals surface area contributed by atoms with Crippen molar-refractivity contribution < 1.29 is 0 Å². The van der Waals surface area contributed by atoms with Gasteiger partial charge in [0.25, 0.3) is 0 Å². The standard InChI is InChI=1S/C17H23ClN2S/c1-6-20(7-2)15-10-12(8-9-13(15)18)14-11-21-16(19-14)17(3,4)5/h8-11H,6-7H2,1-5H3. The molecule has 1 heterocycles.